The van der Waals surface area contributed by atoms with Gasteiger partial charge < -0.3 is 15.0 Å². The maximum Gasteiger partial charge on any atom is 0.310 e. The molecule has 0 unspecified atom stereocenters. The van der Waals surface area contributed by atoms with Gasteiger partial charge >= 0.3 is 5.69 Å². The Kier molecular flexibility index (Phi) is 7.08. The first-order chi connectivity index (χ1) is 13.3. The van der Waals surface area contributed by atoms with Crippen LogP contribution in [0.25, 0.3) is 0 Å². The lowest BCUT2D eigenvalue weighted by Gasteiger charge is -2.18. The second kappa shape index (κ2) is 9.50. The Labute approximate surface area is 163 Å². The fourth-order valence-corrected chi connectivity index (χ4v) is 2.62. The van der Waals surface area contributed by atoms with E-state index in [2.05, 4.69) is 5.32 Å². The van der Waals surface area contributed by atoms with Gasteiger partial charge in [-0.1, -0.05) is 6.07 Å². The Hall–Kier alpha value is -3.42. The Morgan fingerprint density at radius 1 is 1.11 bits per heavy atom. The van der Waals surface area contributed by atoms with Crippen molar-refractivity contribution in [1.29, 1.82) is 0 Å². The van der Waals surface area contributed by atoms with E-state index in [9.17, 15) is 19.7 Å². The Morgan fingerprint density at radius 3 is 2.32 bits per heavy atom. The zero-order chi connectivity index (χ0) is 20.7. The fourth-order valence-electron chi connectivity index (χ4n) is 2.62. The summed E-state index contributed by atoms with van der Waals surface area (Å²) in [6.07, 6.45) is 0. The Balaban J connectivity index is 1.98. The van der Waals surface area contributed by atoms with Crippen LogP contribution in [0.4, 0.5) is 11.4 Å². The van der Waals surface area contributed by atoms with E-state index in [-0.39, 0.29) is 24.0 Å². The van der Waals surface area contributed by atoms with Crippen LogP contribution in [-0.4, -0.2) is 41.3 Å². The Bertz CT molecular complexity index is 861. The number of hydrogen-bond donors (Lipinski definition) is 1. The van der Waals surface area contributed by atoms with Crippen LogP contribution in [0.3, 0.4) is 0 Å². The molecule has 28 heavy (non-hydrogen) atoms. The Morgan fingerprint density at radius 2 is 1.75 bits per heavy atom. The number of hydrogen-bond acceptors (Lipinski definition) is 5. The molecule has 0 aliphatic heterocycles. The van der Waals surface area contributed by atoms with Crippen molar-refractivity contribution in [3.05, 3.63) is 63.7 Å². The maximum absolute atomic E-state index is 12.3. The standard InChI is InChI=1S/C20H23N3O5/c1-4-22(5-2)20(25)15-7-9-16(10-8-15)21-19(24)13-28-18-12-14(3)6-11-17(18)23(26)27/h6-12H,4-5,13H2,1-3H3,(H,21,24). The predicted octanol–water partition coefficient (Wildman–Crippen LogP) is 3.40. The SMILES string of the molecule is CCN(CC)C(=O)c1ccc(NC(=O)COc2cc(C)ccc2[N+](=O)[O-])cc1. The van der Waals surface area contributed by atoms with Crippen LogP contribution in [0, 0.1) is 17.0 Å². The first-order valence-corrected chi connectivity index (χ1v) is 8.92. The second-order valence-electron chi connectivity index (χ2n) is 6.12. The summed E-state index contributed by atoms with van der Waals surface area (Å²) in [5.41, 5.74) is 1.63. The number of carbonyl (C=O) groups excluding carboxylic acids is 2. The average Bonchev–Trinajstić information content (AvgIpc) is 2.67. The number of nitrogens with one attached hydrogen (secondary N) is 1. The topological polar surface area (TPSA) is 102 Å². The number of ether oxygens (including phenoxy) is 1. The number of amides is 2. The molecule has 0 saturated carbocycles. The molecule has 2 amide bonds. The summed E-state index contributed by atoms with van der Waals surface area (Å²) in [6, 6.07) is 11.0. The number of nitrogens with zero attached hydrogens (tertiary/aromatic N) is 2. The van der Waals surface area contributed by atoms with Gasteiger partial charge in [-0.15, -0.1) is 0 Å². The average molecular weight is 385 g/mol. The molecule has 0 saturated heterocycles. The maximum atomic E-state index is 12.3. The van der Waals surface area contributed by atoms with E-state index < -0.39 is 10.8 Å². The summed E-state index contributed by atoms with van der Waals surface area (Å²) in [5.74, 6) is -0.489. The van der Waals surface area contributed by atoms with E-state index in [0.29, 0.717) is 24.3 Å². The molecule has 2 rings (SSSR count). The molecule has 1 N–H and O–H groups in total. The number of nitro groups is 1. The third-order valence-corrected chi connectivity index (χ3v) is 4.14. The highest BCUT2D eigenvalue weighted by atomic mass is 16.6. The zero-order valence-electron chi connectivity index (χ0n) is 16.1. The highest BCUT2D eigenvalue weighted by Gasteiger charge is 2.16. The first-order valence-electron chi connectivity index (χ1n) is 8.92. The van der Waals surface area contributed by atoms with E-state index in [1.165, 1.54) is 12.1 Å². The number of anilines is 1. The van der Waals surface area contributed by atoms with Crippen LogP contribution in [0.15, 0.2) is 42.5 Å². The lowest BCUT2D eigenvalue weighted by molar-refractivity contribution is -0.385. The number of benzene rings is 2. The molecule has 0 bridgehead atoms. The third-order valence-electron chi connectivity index (χ3n) is 4.14. The molecule has 0 radical (unpaired) electrons. The van der Waals surface area contributed by atoms with Crippen molar-refractivity contribution in [2.75, 3.05) is 25.0 Å². The van der Waals surface area contributed by atoms with Crippen LogP contribution >= 0.6 is 0 Å². The monoisotopic (exact) mass is 385 g/mol. The van der Waals surface area contributed by atoms with Crippen LogP contribution in [-0.2, 0) is 4.79 Å². The normalized spacial score (nSPS) is 10.2. The third kappa shape index (κ3) is 5.29. The van der Waals surface area contributed by atoms with Gasteiger partial charge in [0, 0.05) is 30.4 Å². The van der Waals surface area contributed by atoms with Gasteiger partial charge in [-0.25, -0.2) is 0 Å². The van der Waals surface area contributed by atoms with Gasteiger partial charge in [-0.3, -0.25) is 19.7 Å². The van der Waals surface area contributed by atoms with Gasteiger partial charge in [0.2, 0.25) is 0 Å². The number of carbonyl (C=O) groups is 2. The van der Waals surface area contributed by atoms with Gasteiger partial charge in [0.15, 0.2) is 12.4 Å². The van der Waals surface area contributed by atoms with Crippen LogP contribution in [0.1, 0.15) is 29.8 Å². The van der Waals surface area contributed by atoms with E-state index in [1.54, 1.807) is 42.2 Å². The molecule has 0 aliphatic carbocycles. The van der Waals surface area contributed by atoms with E-state index >= 15 is 0 Å². The largest absolute Gasteiger partial charge is 0.477 e. The van der Waals surface area contributed by atoms with Crippen molar-refractivity contribution in [2.24, 2.45) is 0 Å². The number of nitro benzene ring substituents is 1. The summed E-state index contributed by atoms with van der Waals surface area (Å²) < 4.78 is 5.32. The van der Waals surface area contributed by atoms with E-state index in [4.69, 9.17) is 4.74 Å². The molecule has 0 aromatic heterocycles. The summed E-state index contributed by atoms with van der Waals surface area (Å²) in [4.78, 5) is 36.6. The molecule has 0 heterocycles. The van der Waals surface area contributed by atoms with E-state index in [1.807, 2.05) is 13.8 Å². The predicted molar refractivity (Wildman–Crippen MR) is 106 cm³/mol. The minimum atomic E-state index is -0.557. The van der Waals surface area contributed by atoms with Gasteiger partial charge in [0.05, 0.1) is 4.92 Å². The summed E-state index contributed by atoms with van der Waals surface area (Å²) in [6.45, 7) is 6.47. The lowest BCUT2D eigenvalue weighted by Crippen LogP contribution is -2.30. The summed E-state index contributed by atoms with van der Waals surface area (Å²) >= 11 is 0. The molecular weight excluding hydrogens is 362 g/mol. The quantitative estimate of drug-likeness (QED) is 0.554. The molecule has 148 valence electrons. The van der Waals surface area contributed by atoms with E-state index in [0.717, 1.165) is 5.56 Å². The van der Waals surface area contributed by atoms with Gasteiger partial charge in [-0.05, 0) is 56.7 Å². The smallest absolute Gasteiger partial charge is 0.310 e. The van der Waals surface area contributed by atoms with Crippen molar-refractivity contribution < 1.29 is 19.2 Å². The fraction of sp³-hybridized carbons (Fsp3) is 0.300. The van der Waals surface area contributed by atoms with Crippen molar-refractivity contribution >= 4 is 23.2 Å². The van der Waals surface area contributed by atoms with Crippen molar-refractivity contribution in [1.82, 2.24) is 4.90 Å². The number of aryl methyl sites for hydroxylation is 1. The number of rotatable bonds is 8. The zero-order valence-corrected chi connectivity index (χ0v) is 16.1. The van der Waals surface area contributed by atoms with Gasteiger partial charge in [0.1, 0.15) is 0 Å². The molecule has 8 nitrogen and oxygen atoms in total. The first kappa shape index (κ1) is 20.9. The highest BCUT2D eigenvalue weighted by Crippen LogP contribution is 2.27. The van der Waals surface area contributed by atoms with Gasteiger partial charge in [0.25, 0.3) is 11.8 Å². The van der Waals surface area contributed by atoms with Crippen LogP contribution in [0.5, 0.6) is 5.75 Å². The highest BCUT2D eigenvalue weighted by molar-refractivity contribution is 5.96. The van der Waals surface area contributed by atoms with Crippen molar-refractivity contribution in [3.8, 4) is 5.75 Å². The molecular formula is C20H23N3O5. The molecule has 2 aromatic rings. The molecule has 2 aromatic carbocycles. The van der Waals surface area contributed by atoms with Crippen molar-refractivity contribution in [3.63, 3.8) is 0 Å². The minimum absolute atomic E-state index is 0.0420. The second-order valence-corrected chi connectivity index (χ2v) is 6.12. The molecule has 0 spiro atoms. The molecule has 8 heteroatoms. The summed E-state index contributed by atoms with van der Waals surface area (Å²) in [7, 11) is 0. The minimum Gasteiger partial charge on any atom is -0.477 e. The molecule has 0 fully saturated rings. The summed E-state index contributed by atoms with van der Waals surface area (Å²) in [5, 5.41) is 13.7. The van der Waals surface area contributed by atoms with Gasteiger partial charge in [-0.2, -0.15) is 0 Å². The van der Waals surface area contributed by atoms with Crippen LogP contribution in [0.2, 0.25) is 0 Å². The lowest BCUT2D eigenvalue weighted by atomic mass is 10.1. The van der Waals surface area contributed by atoms with Crippen LogP contribution < -0.4 is 10.1 Å². The van der Waals surface area contributed by atoms with Crippen molar-refractivity contribution in [2.45, 2.75) is 20.8 Å². The molecule has 0 atom stereocenters. The molecule has 0 aliphatic rings.